The number of hydrogen-bond donors (Lipinski definition) is 2. The second kappa shape index (κ2) is 13.7. The van der Waals surface area contributed by atoms with Crippen LogP contribution in [0, 0.1) is 25.7 Å². The van der Waals surface area contributed by atoms with E-state index in [-0.39, 0.29) is 50.4 Å². The highest BCUT2D eigenvalue weighted by molar-refractivity contribution is 9.11. The highest BCUT2D eigenvalue weighted by atomic mass is 79.9. The molecule has 3 amide bonds. The van der Waals surface area contributed by atoms with Crippen molar-refractivity contribution in [2.75, 3.05) is 31.1 Å². The number of ether oxygens (including phenoxy) is 2. The van der Waals surface area contributed by atoms with E-state index < -0.39 is 41.7 Å². The number of esters is 1. The van der Waals surface area contributed by atoms with Crippen molar-refractivity contribution in [2.45, 2.75) is 63.4 Å². The molecule has 0 aromatic heterocycles. The minimum atomic E-state index is -1.41. The van der Waals surface area contributed by atoms with Gasteiger partial charge in [-0.2, -0.15) is 0 Å². The number of rotatable bonds is 6. The molecule has 2 N–H and O–H groups in total. The predicted octanol–water partition coefficient (Wildman–Crippen LogP) is 4.03. The van der Waals surface area contributed by atoms with E-state index in [2.05, 4.69) is 21.2 Å². The topological polar surface area (TPSA) is 125 Å². The van der Waals surface area contributed by atoms with Gasteiger partial charge >= 0.3 is 5.97 Å². The molecule has 0 saturated carbocycles. The summed E-state index contributed by atoms with van der Waals surface area (Å²) in [5.74, 6) is -3.54. The maximum Gasteiger partial charge on any atom is 0.313 e. The molecule has 248 valence electrons. The molecular weight excluding hydrogens is 666 g/mol. The molecular formula is C36H40BrN3O7. The number of anilines is 1. The number of hydrogen-bond acceptors (Lipinski definition) is 7. The number of benzene rings is 2. The molecule has 0 aliphatic carbocycles. The average Bonchev–Trinajstić information content (AvgIpc) is 3.65. The van der Waals surface area contributed by atoms with Gasteiger partial charge in [-0.15, -0.1) is 0 Å². The molecule has 6 rings (SSSR count). The monoisotopic (exact) mass is 705 g/mol. The van der Waals surface area contributed by atoms with Crippen LogP contribution in [-0.2, 0) is 28.7 Å². The lowest BCUT2D eigenvalue weighted by Gasteiger charge is -2.36. The Kier molecular flexibility index (Phi) is 9.68. The number of aliphatic hydroxyl groups excluding tert-OH is 1. The molecule has 2 fully saturated rings. The third-order valence-electron chi connectivity index (χ3n) is 9.57. The van der Waals surface area contributed by atoms with Gasteiger partial charge < -0.3 is 29.7 Å². The van der Waals surface area contributed by atoms with Crippen LogP contribution in [0.25, 0.3) is 0 Å². The summed E-state index contributed by atoms with van der Waals surface area (Å²) in [6.07, 6.45) is 5.51. The quantitative estimate of drug-likeness (QED) is 0.264. The zero-order valence-corrected chi connectivity index (χ0v) is 28.1. The van der Waals surface area contributed by atoms with Crippen LogP contribution in [0.2, 0.25) is 0 Å². The predicted molar refractivity (Wildman–Crippen MR) is 178 cm³/mol. The molecule has 2 aromatic rings. The number of nitrogens with one attached hydrogen (secondary N) is 1. The Hall–Kier alpha value is -3.80. The molecule has 11 heteroatoms. The van der Waals surface area contributed by atoms with Gasteiger partial charge in [0.2, 0.25) is 11.8 Å². The molecule has 4 aliphatic rings. The molecule has 2 aromatic carbocycles. The summed E-state index contributed by atoms with van der Waals surface area (Å²) >= 11 is 3.60. The fourth-order valence-electron chi connectivity index (χ4n) is 7.29. The standard InChI is InChI=1S/C36H40BrN3O7/c1-22-14-15-23(2)26(19-22)39-16-8-4-7-13-28(42)38-21-27(24-11-5-3-6-12-24)46-35(45)29-30-33(43)40(17-9-10-18-41)32(34(39)44)36(30)20-25(37)31(29)47-36/h3-6,8,11-12,14-15,19-20,27,29-32,41H,7,9-10,13,16-18,21H2,1-2H3,(H,38,42)/b8-4-/t27-,29-,30+,31-,32-,36+/m0/s1. The lowest BCUT2D eigenvalue weighted by Crippen LogP contribution is -2.56. The smallest absolute Gasteiger partial charge is 0.313 e. The van der Waals surface area contributed by atoms with Gasteiger partial charge in [0.05, 0.1) is 12.5 Å². The normalized spacial score (nSPS) is 30.2. The van der Waals surface area contributed by atoms with Crippen molar-refractivity contribution in [3.8, 4) is 0 Å². The van der Waals surface area contributed by atoms with Crippen molar-refractivity contribution >= 4 is 45.3 Å². The molecule has 0 unspecified atom stereocenters. The zero-order chi connectivity index (χ0) is 33.3. The first-order valence-electron chi connectivity index (χ1n) is 16.2. The molecule has 6 atom stereocenters. The van der Waals surface area contributed by atoms with Gasteiger partial charge in [0.25, 0.3) is 5.91 Å². The van der Waals surface area contributed by atoms with Crippen molar-refractivity contribution in [3.05, 3.63) is 87.9 Å². The minimum Gasteiger partial charge on any atom is -0.455 e. The van der Waals surface area contributed by atoms with Crippen molar-refractivity contribution in [3.63, 3.8) is 0 Å². The van der Waals surface area contributed by atoms with Crippen LogP contribution >= 0.6 is 15.9 Å². The maximum atomic E-state index is 15.0. The molecule has 1 spiro atoms. The van der Waals surface area contributed by atoms with Crippen molar-refractivity contribution < 1.29 is 33.8 Å². The summed E-state index contributed by atoms with van der Waals surface area (Å²) in [4.78, 5) is 59.7. The van der Waals surface area contributed by atoms with E-state index in [0.717, 1.165) is 11.1 Å². The first kappa shape index (κ1) is 33.1. The number of halogens is 1. The number of fused-ring (bicyclic) bond motifs is 2. The number of amides is 3. The van der Waals surface area contributed by atoms with Crippen molar-refractivity contribution in [1.29, 1.82) is 0 Å². The van der Waals surface area contributed by atoms with Crippen LogP contribution in [-0.4, -0.2) is 77.7 Å². The molecule has 5 bridgehead atoms. The van der Waals surface area contributed by atoms with Crippen molar-refractivity contribution in [2.24, 2.45) is 11.8 Å². The second-order valence-electron chi connectivity index (χ2n) is 12.7. The maximum absolute atomic E-state index is 15.0. The highest BCUT2D eigenvalue weighted by Gasteiger charge is 2.75. The summed E-state index contributed by atoms with van der Waals surface area (Å²) in [7, 11) is 0. The van der Waals surface area contributed by atoms with Gasteiger partial charge in [-0.1, -0.05) is 70.5 Å². The van der Waals surface area contributed by atoms with E-state index in [1.165, 1.54) is 0 Å². The van der Waals surface area contributed by atoms with Crippen LogP contribution in [0.15, 0.2) is 71.2 Å². The Morgan fingerprint density at radius 1 is 1.02 bits per heavy atom. The fraction of sp³-hybridized carbons (Fsp3) is 0.444. The Bertz CT molecular complexity index is 1610. The molecule has 47 heavy (non-hydrogen) atoms. The number of unbranched alkanes of at least 4 members (excludes halogenated alkanes) is 1. The Labute approximate surface area is 282 Å². The number of aliphatic hydroxyl groups is 1. The lowest BCUT2D eigenvalue weighted by molar-refractivity contribution is -0.159. The number of nitrogens with zero attached hydrogens (tertiary/aromatic N) is 2. The van der Waals surface area contributed by atoms with Crippen LogP contribution in [0.1, 0.15) is 48.5 Å². The van der Waals surface area contributed by atoms with Crippen LogP contribution in [0.3, 0.4) is 0 Å². The zero-order valence-electron chi connectivity index (χ0n) is 26.6. The van der Waals surface area contributed by atoms with Gasteiger partial charge in [-0.05, 0) is 61.9 Å². The number of cyclic esters (lactones) is 1. The largest absolute Gasteiger partial charge is 0.455 e. The molecule has 4 aliphatic heterocycles. The van der Waals surface area contributed by atoms with Gasteiger partial charge in [-0.3, -0.25) is 19.2 Å². The summed E-state index contributed by atoms with van der Waals surface area (Å²) in [6.45, 7) is 4.32. The van der Waals surface area contributed by atoms with E-state index in [1.54, 1.807) is 15.9 Å². The summed E-state index contributed by atoms with van der Waals surface area (Å²) in [6, 6.07) is 14.0. The average molecular weight is 707 g/mol. The van der Waals surface area contributed by atoms with Gasteiger partial charge in [0.1, 0.15) is 29.8 Å². The lowest BCUT2D eigenvalue weighted by atomic mass is 9.74. The second-order valence-corrected chi connectivity index (χ2v) is 13.6. The first-order valence-corrected chi connectivity index (χ1v) is 17.0. The van der Waals surface area contributed by atoms with E-state index >= 15 is 0 Å². The molecule has 10 nitrogen and oxygen atoms in total. The molecule has 2 saturated heterocycles. The summed E-state index contributed by atoms with van der Waals surface area (Å²) < 4.78 is 13.3. The SMILES string of the molecule is Cc1ccc(C)c(N2C/C=C\CCC(=O)NC[C@@H](c3ccccc3)OC(=O)[C@@H]3[C@H]4O[C@@]5(C=C4Br)[C@H](C2=O)N(CCCCO)C(=O)[C@@H]35)c1. The van der Waals surface area contributed by atoms with Crippen molar-refractivity contribution in [1.82, 2.24) is 10.2 Å². The third-order valence-corrected chi connectivity index (χ3v) is 10.2. The number of allylic oxidation sites excluding steroid dienone is 1. The molecule has 4 heterocycles. The van der Waals surface area contributed by atoms with Gasteiger partial charge in [0.15, 0.2) is 0 Å². The Morgan fingerprint density at radius 3 is 2.57 bits per heavy atom. The number of likely N-dealkylation sites (tertiary alicyclic amines) is 1. The molecule has 0 radical (unpaired) electrons. The van der Waals surface area contributed by atoms with E-state index in [9.17, 15) is 24.3 Å². The number of carbonyl (C=O) groups is 4. The van der Waals surface area contributed by atoms with E-state index in [0.29, 0.717) is 35.0 Å². The van der Waals surface area contributed by atoms with Crippen LogP contribution < -0.4 is 10.2 Å². The van der Waals surface area contributed by atoms with E-state index in [1.807, 2.05) is 74.5 Å². The first-order chi connectivity index (χ1) is 22.7. The van der Waals surface area contributed by atoms with Gasteiger partial charge in [-0.25, -0.2) is 0 Å². The Morgan fingerprint density at radius 2 is 1.81 bits per heavy atom. The highest BCUT2D eigenvalue weighted by Crippen LogP contribution is 2.59. The van der Waals surface area contributed by atoms with Gasteiger partial charge in [0, 0.05) is 36.3 Å². The van der Waals surface area contributed by atoms with E-state index in [4.69, 9.17) is 9.47 Å². The minimum absolute atomic E-state index is 0.0506. The van der Waals surface area contributed by atoms with Crippen LogP contribution in [0.5, 0.6) is 0 Å². The third kappa shape index (κ3) is 6.16. The summed E-state index contributed by atoms with van der Waals surface area (Å²) in [5, 5.41) is 12.4. The number of aryl methyl sites for hydroxylation is 2. The summed E-state index contributed by atoms with van der Waals surface area (Å²) in [5.41, 5.74) is 1.85. The Balaban J connectivity index is 1.46. The van der Waals surface area contributed by atoms with Crippen LogP contribution in [0.4, 0.5) is 5.69 Å². The fourth-order valence-corrected chi connectivity index (χ4v) is 8.02. The number of carbonyl (C=O) groups excluding carboxylic acids is 4.